The Hall–Kier alpha value is -1.07. The van der Waals surface area contributed by atoms with Crippen LogP contribution in [0.15, 0.2) is 29.2 Å². The summed E-state index contributed by atoms with van der Waals surface area (Å²) in [5, 5.41) is 0.458. The van der Waals surface area contributed by atoms with Crippen LogP contribution in [0.3, 0.4) is 0 Å². The zero-order valence-corrected chi connectivity index (χ0v) is 12.8. The molecule has 0 spiro atoms. The summed E-state index contributed by atoms with van der Waals surface area (Å²) in [6.45, 7) is 2.25. The molecule has 0 N–H and O–H groups in total. The molecule has 0 unspecified atom stereocenters. The van der Waals surface area contributed by atoms with E-state index in [0.29, 0.717) is 17.9 Å². The lowest BCUT2D eigenvalue weighted by molar-refractivity contribution is -0.144. The third-order valence-electron chi connectivity index (χ3n) is 3.45. The van der Waals surface area contributed by atoms with E-state index in [1.54, 1.807) is 0 Å². The van der Waals surface area contributed by atoms with Crippen LogP contribution >= 0.6 is 11.6 Å². The van der Waals surface area contributed by atoms with Crippen LogP contribution in [-0.4, -0.2) is 25.7 Å². The Morgan fingerprint density at radius 1 is 1.30 bits per heavy atom. The van der Waals surface area contributed by atoms with Gasteiger partial charge in [0.1, 0.15) is 0 Å². The molecule has 0 radical (unpaired) electrons. The molecule has 1 aliphatic carbocycles. The molecule has 0 heterocycles. The lowest BCUT2D eigenvalue weighted by atomic mass is 10.3. The molecule has 6 heteroatoms. The molecule has 1 fully saturated rings. The van der Waals surface area contributed by atoms with Crippen molar-refractivity contribution in [3.05, 3.63) is 29.3 Å². The van der Waals surface area contributed by atoms with Crippen LogP contribution in [0.4, 0.5) is 0 Å². The second-order valence-corrected chi connectivity index (χ2v) is 7.64. The van der Waals surface area contributed by atoms with Crippen LogP contribution in [0, 0.1) is 0 Å². The fourth-order valence-corrected chi connectivity index (χ4v) is 3.97. The number of unbranched alkanes of at least 4 members (excludes halogenated alkanes) is 1. The number of sulfone groups is 1. The second kappa shape index (κ2) is 5.74. The Kier molecular flexibility index (Phi) is 4.39. The molecule has 110 valence electrons. The van der Waals surface area contributed by atoms with Gasteiger partial charge in [-0.05, 0) is 43.5 Å². The molecule has 1 saturated carbocycles. The van der Waals surface area contributed by atoms with E-state index in [4.69, 9.17) is 16.3 Å². The Bertz CT molecular complexity index is 588. The third kappa shape index (κ3) is 2.69. The zero-order valence-electron chi connectivity index (χ0n) is 11.3. The molecule has 2 rings (SSSR count). The zero-order chi connectivity index (χ0) is 14.8. The Labute approximate surface area is 124 Å². The van der Waals surface area contributed by atoms with Crippen molar-refractivity contribution < 1.29 is 17.9 Å². The van der Waals surface area contributed by atoms with Gasteiger partial charge in [0.25, 0.3) is 0 Å². The first kappa shape index (κ1) is 15.3. The molecule has 0 aliphatic heterocycles. The number of benzene rings is 1. The van der Waals surface area contributed by atoms with E-state index in [1.807, 2.05) is 6.92 Å². The minimum Gasteiger partial charge on any atom is -0.465 e. The van der Waals surface area contributed by atoms with Gasteiger partial charge in [0.15, 0.2) is 14.6 Å². The van der Waals surface area contributed by atoms with E-state index >= 15 is 0 Å². The van der Waals surface area contributed by atoms with E-state index in [2.05, 4.69) is 0 Å². The summed E-state index contributed by atoms with van der Waals surface area (Å²) in [5.74, 6) is -0.624. The van der Waals surface area contributed by atoms with Gasteiger partial charge < -0.3 is 4.74 Å². The molecule has 20 heavy (non-hydrogen) atoms. The van der Waals surface area contributed by atoms with Crippen molar-refractivity contribution >= 4 is 27.4 Å². The molecule has 0 amide bonds. The molecule has 0 atom stereocenters. The van der Waals surface area contributed by atoms with Gasteiger partial charge in [-0.3, -0.25) is 4.79 Å². The maximum Gasteiger partial charge on any atom is 0.327 e. The van der Waals surface area contributed by atoms with Crippen LogP contribution in [-0.2, 0) is 19.4 Å². The van der Waals surface area contributed by atoms with Crippen molar-refractivity contribution in [3.8, 4) is 0 Å². The van der Waals surface area contributed by atoms with E-state index in [1.165, 1.54) is 24.3 Å². The predicted octanol–water partition coefficient (Wildman–Crippen LogP) is 2.99. The van der Waals surface area contributed by atoms with Gasteiger partial charge in [-0.2, -0.15) is 0 Å². The fourth-order valence-electron chi connectivity index (χ4n) is 1.98. The largest absolute Gasteiger partial charge is 0.465 e. The van der Waals surface area contributed by atoms with Crippen molar-refractivity contribution in [2.24, 2.45) is 0 Å². The minimum atomic E-state index is -3.71. The summed E-state index contributed by atoms with van der Waals surface area (Å²) in [5.41, 5.74) is 0. The van der Waals surface area contributed by atoms with Gasteiger partial charge in [-0.25, -0.2) is 8.42 Å². The highest BCUT2D eigenvalue weighted by Crippen LogP contribution is 2.47. The highest BCUT2D eigenvalue weighted by Gasteiger charge is 2.62. The van der Waals surface area contributed by atoms with Crippen LogP contribution in [0.5, 0.6) is 0 Å². The molecule has 1 aromatic rings. The quantitative estimate of drug-likeness (QED) is 0.598. The van der Waals surface area contributed by atoms with Crippen LogP contribution in [0.25, 0.3) is 0 Å². The first-order valence-corrected chi connectivity index (χ1v) is 8.47. The van der Waals surface area contributed by atoms with Crippen molar-refractivity contribution in [3.63, 3.8) is 0 Å². The summed E-state index contributed by atoms with van der Waals surface area (Å²) in [4.78, 5) is 12.2. The molecular weight excluding hydrogens is 300 g/mol. The number of ether oxygens (including phenoxy) is 1. The maximum atomic E-state index is 12.6. The van der Waals surface area contributed by atoms with Gasteiger partial charge in [0.2, 0.25) is 0 Å². The SMILES string of the molecule is CCCCOC(=O)C1(S(=O)(=O)c2ccc(Cl)cc2)CC1. The normalized spacial score (nSPS) is 16.7. The monoisotopic (exact) mass is 316 g/mol. The van der Waals surface area contributed by atoms with Crippen molar-refractivity contribution in [1.82, 2.24) is 0 Å². The number of carbonyl (C=O) groups excluding carboxylic acids is 1. The average Bonchev–Trinajstić information content (AvgIpc) is 3.21. The van der Waals surface area contributed by atoms with Crippen LogP contribution < -0.4 is 0 Å². The van der Waals surface area contributed by atoms with Crippen molar-refractivity contribution in [1.29, 1.82) is 0 Å². The first-order chi connectivity index (χ1) is 9.44. The molecule has 0 saturated heterocycles. The van der Waals surface area contributed by atoms with E-state index in [0.717, 1.165) is 12.8 Å². The van der Waals surface area contributed by atoms with Gasteiger partial charge in [-0.15, -0.1) is 0 Å². The van der Waals surface area contributed by atoms with Crippen LogP contribution in [0.2, 0.25) is 5.02 Å². The molecular formula is C14H17ClO4S. The Balaban J connectivity index is 2.20. The molecule has 1 aliphatic rings. The number of hydrogen-bond acceptors (Lipinski definition) is 4. The smallest absolute Gasteiger partial charge is 0.327 e. The predicted molar refractivity (Wildman–Crippen MR) is 76.5 cm³/mol. The van der Waals surface area contributed by atoms with Gasteiger partial charge in [0.05, 0.1) is 11.5 Å². The Morgan fingerprint density at radius 3 is 2.40 bits per heavy atom. The number of esters is 1. The van der Waals surface area contributed by atoms with Crippen molar-refractivity contribution in [2.75, 3.05) is 6.61 Å². The summed E-state index contributed by atoms with van der Waals surface area (Å²) >= 11 is 5.75. The summed E-state index contributed by atoms with van der Waals surface area (Å²) in [6, 6.07) is 5.87. The third-order valence-corrected chi connectivity index (χ3v) is 6.19. The maximum absolute atomic E-state index is 12.6. The van der Waals surface area contributed by atoms with Crippen LogP contribution in [0.1, 0.15) is 32.6 Å². The molecule has 0 aromatic heterocycles. The number of rotatable bonds is 6. The van der Waals surface area contributed by atoms with E-state index in [9.17, 15) is 13.2 Å². The number of carbonyl (C=O) groups is 1. The lowest BCUT2D eigenvalue weighted by Gasteiger charge is -2.15. The summed E-state index contributed by atoms with van der Waals surface area (Å²) < 4.78 is 28.8. The fraction of sp³-hybridized carbons (Fsp3) is 0.500. The lowest BCUT2D eigenvalue weighted by Crippen LogP contribution is -2.34. The number of halogens is 1. The highest BCUT2D eigenvalue weighted by atomic mass is 35.5. The topological polar surface area (TPSA) is 60.4 Å². The second-order valence-electron chi connectivity index (χ2n) is 4.94. The van der Waals surface area contributed by atoms with Crippen molar-refractivity contribution in [2.45, 2.75) is 42.2 Å². The number of hydrogen-bond donors (Lipinski definition) is 0. The standard InChI is InChI=1S/C14H17ClO4S/c1-2-3-10-19-13(16)14(8-9-14)20(17,18)12-6-4-11(15)5-7-12/h4-7H,2-3,8-10H2,1H3. The highest BCUT2D eigenvalue weighted by molar-refractivity contribution is 7.94. The summed E-state index contributed by atoms with van der Waals surface area (Å²) in [6.07, 6.45) is 2.28. The van der Waals surface area contributed by atoms with E-state index < -0.39 is 20.6 Å². The van der Waals surface area contributed by atoms with Gasteiger partial charge in [-0.1, -0.05) is 24.9 Å². The summed E-state index contributed by atoms with van der Waals surface area (Å²) in [7, 11) is -3.71. The van der Waals surface area contributed by atoms with E-state index in [-0.39, 0.29) is 11.5 Å². The Morgan fingerprint density at radius 2 is 1.90 bits per heavy atom. The van der Waals surface area contributed by atoms with Gasteiger partial charge >= 0.3 is 5.97 Å². The van der Waals surface area contributed by atoms with Gasteiger partial charge in [0, 0.05) is 5.02 Å². The minimum absolute atomic E-state index is 0.117. The molecule has 4 nitrogen and oxygen atoms in total. The molecule has 0 bridgehead atoms. The molecule has 1 aromatic carbocycles. The average molecular weight is 317 g/mol. The first-order valence-electron chi connectivity index (χ1n) is 6.61.